The number of ether oxygens (including phenoxy) is 6. The summed E-state index contributed by atoms with van der Waals surface area (Å²) < 4.78 is 35.2. The van der Waals surface area contributed by atoms with E-state index in [2.05, 4.69) is 10.9 Å². The highest BCUT2D eigenvalue weighted by Gasteiger charge is 2.59. The van der Waals surface area contributed by atoms with Crippen LogP contribution in [0.2, 0.25) is 0 Å². The summed E-state index contributed by atoms with van der Waals surface area (Å²) in [6.07, 6.45) is 0.210. The third kappa shape index (κ3) is 5.97. The lowest BCUT2D eigenvalue weighted by Gasteiger charge is -2.28. The first-order valence-electron chi connectivity index (χ1n) is 10.9. The van der Waals surface area contributed by atoms with Crippen molar-refractivity contribution in [1.29, 1.82) is 0 Å². The molecule has 0 unspecified atom stereocenters. The van der Waals surface area contributed by atoms with Crippen LogP contribution in [-0.2, 0) is 38.0 Å². The predicted molar refractivity (Wildman–Crippen MR) is 115 cm³/mol. The molecule has 3 saturated heterocycles. The molecule has 0 aromatic heterocycles. The van der Waals surface area contributed by atoms with Crippen LogP contribution >= 0.6 is 0 Å². The zero-order chi connectivity index (χ0) is 23.6. The van der Waals surface area contributed by atoms with E-state index in [1.807, 2.05) is 44.2 Å². The van der Waals surface area contributed by atoms with Gasteiger partial charge in [0.1, 0.15) is 31.0 Å². The standard InChI is InChI=1S/C23H30N2O8/c1-22(2)29-12-15(31-22)18-19(20-21(30-18)33-23(3,4)32-20)28-13-17(27)25-24-16(26)11-10-14-8-6-5-7-9-14/h5-11,15,18-21H,12-13H2,1-4H3,(H,24,26)(H,25,27)/b11-10+/t15-,18-,19+,20-,21-/m1/s1. The van der Waals surface area contributed by atoms with Crippen LogP contribution in [0.25, 0.3) is 6.08 Å². The molecule has 3 heterocycles. The van der Waals surface area contributed by atoms with Crippen molar-refractivity contribution in [2.75, 3.05) is 13.2 Å². The van der Waals surface area contributed by atoms with E-state index in [0.717, 1.165) is 5.56 Å². The summed E-state index contributed by atoms with van der Waals surface area (Å²) in [4.78, 5) is 24.2. The maximum Gasteiger partial charge on any atom is 0.264 e. The lowest BCUT2D eigenvalue weighted by atomic mass is 10.1. The van der Waals surface area contributed by atoms with Crippen LogP contribution in [0.1, 0.15) is 33.3 Å². The van der Waals surface area contributed by atoms with Crippen LogP contribution in [0.3, 0.4) is 0 Å². The van der Waals surface area contributed by atoms with Gasteiger partial charge in [0.2, 0.25) is 0 Å². The number of nitrogens with one attached hydrogen (secondary N) is 2. The third-order valence-electron chi connectivity index (χ3n) is 5.38. The molecular formula is C23H30N2O8. The van der Waals surface area contributed by atoms with Gasteiger partial charge < -0.3 is 28.4 Å². The van der Waals surface area contributed by atoms with Gasteiger partial charge in [-0.25, -0.2) is 0 Å². The third-order valence-corrected chi connectivity index (χ3v) is 5.38. The van der Waals surface area contributed by atoms with Crippen molar-refractivity contribution in [2.24, 2.45) is 0 Å². The maximum atomic E-state index is 12.3. The zero-order valence-electron chi connectivity index (χ0n) is 19.1. The van der Waals surface area contributed by atoms with E-state index >= 15 is 0 Å². The van der Waals surface area contributed by atoms with E-state index in [1.165, 1.54) is 6.08 Å². The monoisotopic (exact) mass is 462 g/mol. The van der Waals surface area contributed by atoms with Gasteiger partial charge in [-0.1, -0.05) is 30.3 Å². The molecule has 0 aliphatic carbocycles. The number of amides is 2. The van der Waals surface area contributed by atoms with Crippen molar-refractivity contribution in [1.82, 2.24) is 10.9 Å². The molecule has 0 spiro atoms. The van der Waals surface area contributed by atoms with Crippen LogP contribution in [-0.4, -0.2) is 67.3 Å². The Bertz CT molecular complexity index is 888. The van der Waals surface area contributed by atoms with E-state index in [0.29, 0.717) is 6.61 Å². The largest absolute Gasteiger partial charge is 0.363 e. The summed E-state index contributed by atoms with van der Waals surface area (Å²) in [5, 5.41) is 0. The van der Waals surface area contributed by atoms with Crippen molar-refractivity contribution in [3.63, 3.8) is 0 Å². The molecule has 1 aromatic carbocycles. The number of fused-ring (bicyclic) bond motifs is 1. The number of hydrogen-bond acceptors (Lipinski definition) is 8. The average Bonchev–Trinajstić information content (AvgIpc) is 3.38. The molecule has 3 fully saturated rings. The Labute approximate surface area is 192 Å². The highest BCUT2D eigenvalue weighted by molar-refractivity contribution is 5.93. The van der Waals surface area contributed by atoms with Gasteiger partial charge in [0.25, 0.3) is 11.8 Å². The first-order chi connectivity index (χ1) is 15.6. The lowest BCUT2D eigenvalue weighted by Crippen LogP contribution is -2.47. The molecule has 180 valence electrons. The topological polar surface area (TPSA) is 114 Å². The highest BCUT2D eigenvalue weighted by Crippen LogP contribution is 2.41. The Morgan fingerprint density at radius 3 is 2.48 bits per heavy atom. The fourth-order valence-corrected chi connectivity index (χ4v) is 3.99. The summed E-state index contributed by atoms with van der Waals surface area (Å²) in [6.45, 7) is 7.19. The molecule has 0 saturated carbocycles. The Morgan fingerprint density at radius 1 is 1.03 bits per heavy atom. The molecule has 3 aliphatic rings. The van der Waals surface area contributed by atoms with Crippen molar-refractivity contribution >= 4 is 17.9 Å². The molecule has 0 bridgehead atoms. The first-order valence-corrected chi connectivity index (χ1v) is 10.9. The van der Waals surface area contributed by atoms with Gasteiger partial charge in [-0.05, 0) is 39.3 Å². The van der Waals surface area contributed by atoms with E-state index in [9.17, 15) is 9.59 Å². The van der Waals surface area contributed by atoms with Gasteiger partial charge in [0, 0.05) is 6.08 Å². The summed E-state index contributed by atoms with van der Waals surface area (Å²) in [5.74, 6) is -2.58. The molecule has 1 aromatic rings. The number of rotatable bonds is 6. The Morgan fingerprint density at radius 2 is 1.79 bits per heavy atom. The summed E-state index contributed by atoms with van der Waals surface area (Å²) >= 11 is 0. The molecule has 0 radical (unpaired) electrons. The number of hydrazine groups is 1. The fourth-order valence-electron chi connectivity index (χ4n) is 3.99. The van der Waals surface area contributed by atoms with Crippen LogP contribution in [0.5, 0.6) is 0 Å². The minimum Gasteiger partial charge on any atom is -0.363 e. The summed E-state index contributed by atoms with van der Waals surface area (Å²) in [6, 6.07) is 9.34. The highest BCUT2D eigenvalue weighted by atomic mass is 16.8. The Hall–Kier alpha value is -2.34. The summed E-state index contributed by atoms with van der Waals surface area (Å²) in [5.41, 5.74) is 5.53. The molecular weight excluding hydrogens is 432 g/mol. The average molecular weight is 462 g/mol. The Kier molecular flexibility index (Phi) is 6.85. The predicted octanol–water partition coefficient (Wildman–Crippen LogP) is 1.26. The van der Waals surface area contributed by atoms with Gasteiger partial charge in [-0.3, -0.25) is 20.4 Å². The van der Waals surface area contributed by atoms with Gasteiger partial charge in [-0.2, -0.15) is 0 Å². The van der Waals surface area contributed by atoms with Crippen molar-refractivity contribution < 1.29 is 38.0 Å². The second-order valence-corrected chi connectivity index (χ2v) is 8.99. The van der Waals surface area contributed by atoms with Crippen LogP contribution in [0.4, 0.5) is 0 Å². The quantitative estimate of drug-likeness (QED) is 0.480. The van der Waals surface area contributed by atoms with Crippen molar-refractivity contribution in [3.05, 3.63) is 42.0 Å². The molecule has 2 N–H and O–H groups in total. The molecule has 10 heteroatoms. The second-order valence-electron chi connectivity index (χ2n) is 8.99. The zero-order valence-corrected chi connectivity index (χ0v) is 19.1. The molecule has 3 aliphatic heterocycles. The SMILES string of the molecule is CC1(C)O[C@H]2O[C@H]([C@H]3COC(C)(C)O3)[C@H](OCC(=O)NNC(=O)/C=C/c3ccccc3)[C@H]2O1. The van der Waals surface area contributed by atoms with Gasteiger partial charge >= 0.3 is 0 Å². The van der Waals surface area contributed by atoms with E-state index in [-0.39, 0.29) is 6.61 Å². The molecule has 2 amide bonds. The second kappa shape index (κ2) is 9.49. The van der Waals surface area contributed by atoms with Crippen molar-refractivity contribution in [3.8, 4) is 0 Å². The number of benzene rings is 1. The fraction of sp³-hybridized carbons (Fsp3) is 0.565. The number of carbonyl (C=O) groups is 2. The Balaban J connectivity index is 1.30. The maximum absolute atomic E-state index is 12.3. The van der Waals surface area contributed by atoms with E-state index in [4.69, 9.17) is 28.4 Å². The molecule has 5 atom stereocenters. The van der Waals surface area contributed by atoms with E-state index < -0.39 is 54.1 Å². The summed E-state index contributed by atoms with van der Waals surface area (Å²) in [7, 11) is 0. The molecule has 4 rings (SSSR count). The minimum absolute atomic E-state index is 0.316. The van der Waals surface area contributed by atoms with Crippen LogP contribution in [0, 0.1) is 0 Å². The van der Waals surface area contributed by atoms with Gasteiger partial charge in [-0.15, -0.1) is 0 Å². The minimum atomic E-state index is -0.838. The molecule has 10 nitrogen and oxygen atoms in total. The van der Waals surface area contributed by atoms with Crippen LogP contribution < -0.4 is 10.9 Å². The number of carbonyl (C=O) groups excluding carboxylic acids is 2. The number of hydrogen-bond donors (Lipinski definition) is 2. The van der Waals surface area contributed by atoms with Gasteiger partial charge in [0.05, 0.1) is 6.61 Å². The first kappa shape index (κ1) is 23.8. The smallest absolute Gasteiger partial charge is 0.264 e. The van der Waals surface area contributed by atoms with Crippen molar-refractivity contribution in [2.45, 2.75) is 70.0 Å². The van der Waals surface area contributed by atoms with Gasteiger partial charge in [0.15, 0.2) is 17.9 Å². The normalized spacial score (nSPS) is 32.1. The van der Waals surface area contributed by atoms with E-state index in [1.54, 1.807) is 19.9 Å². The lowest BCUT2D eigenvalue weighted by molar-refractivity contribution is -0.235. The van der Waals surface area contributed by atoms with Crippen LogP contribution in [0.15, 0.2) is 36.4 Å². The molecule has 33 heavy (non-hydrogen) atoms.